The van der Waals surface area contributed by atoms with Gasteiger partial charge in [0.2, 0.25) is 0 Å². The molecular weight excluding hydrogens is 345 g/mol. The molecule has 0 unspecified atom stereocenters. The topological polar surface area (TPSA) is 41.6 Å². The number of hydrogen-bond acceptors (Lipinski definition) is 2. The van der Waals surface area contributed by atoms with Gasteiger partial charge in [-0.2, -0.15) is 5.26 Å². The molecule has 3 aromatic rings. The van der Waals surface area contributed by atoms with Crippen LogP contribution >= 0.6 is 15.9 Å². The molecule has 0 bridgehead atoms. The maximum absolute atomic E-state index is 13.6. The van der Waals surface area contributed by atoms with Gasteiger partial charge in [-0.15, -0.1) is 0 Å². The third kappa shape index (κ3) is 3.07. The van der Waals surface area contributed by atoms with Gasteiger partial charge in [0, 0.05) is 29.0 Å². The molecule has 0 saturated carbocycles. The lowest BCUT2D eigenvalue weighted by molar-refractivity contribution is 0.627. The molecule has 3 nitrogen and oxygen atoms in total. The second-order valence-electron chi connectivity index (χ2n) is 4.85. The smallest absolute Gasteiger partial charge is 0.140 e. The number of imidazole rings is 1. The van der Waals surface area contributed by atoms with Gasteiger partial charge in [0.25, 0.3) is 0 Å². The third-order valence-corrected chi connectivity index (χ3v) is 3.70. The van der Waals surface area contributed by atoms with Gasteiger partial charge in [-0.1, -0.05) is 28.1 Å². The fourth-order valence-corrected chi connectivity index (χ4v) is 2.78. The molecule has 1 aromatic heterocycles. The number of nitriles is 1. The van der Waals surface area contributed by atoms with Crippen molar-refractivity contribution in [1.29, 1.82) is 5.26 Å². The molecule has 0 atom stereocenters. The van der Waals surface area contributed by atoms with Crippen LogP contribution in [0.25, 0.3) is 11.4 Å². The molecule has 2 aromatic carbocycles. The normalized spacial score (nSPS) is 10.4. The first-order chi connectivity index (χ1) is 10.7. The van der Waals surface area contributed by atoms with Gasteiger partial charge in [-0.25, -0.2) is 9.37 Å². The minimum absolute atomic E-state index is 0.314. The summed E-state index contributed by atoms with van der Waals surface area (Å²) in [5.41, 5.74) is 2.31. The molecule has 1 heterocycles. The molecule has 0 saturated heterocycles. The molecular formula is C17H11BrFN3. The van der Waals surface area contributed by atoms with Crippen LogP contribution in [-0.2, 0) is 6.54 Å². The summed E-state index contributed by atoms with van der Waals surface area (Å²) < 4.78 is 16.2. The molecule has 0 spiro atoms. The molecule has 0 N–H and O–H groups in total. The van der Waals surface area contributed by atoms with Crippen LogP contribution in [0.5, 0.6) is 0 Å². The number of nitrogens with zero attached hydrogens (tertiary/aromatic N) is 3. The summed E-state index contributed by atoms with van der Waals surface area (Å²) >= 11 is 3.30. The molecule has 0 aliphatic carbocycles. The van der Waals surface area contributed by atoms with Crippen molar-refractivity contribution in [1.82, 2.24) is 9.55 Å². The highest BCUT2D eigenvalue weighted by Gasteiger charge is 2.09. The second-order valence-corrected chi connectivity index (χ2v) is 5.76. The first kappa shape index (κ1) is 14.5. The average Bonchev–Trinajstić information content (AvgIpc) is 2.94. The van der Waals surface area contributed by atoms with Gasteiger partial charge in [0.05, 0.1) is 11.6 Å². The zero-order valence-electron chi connectivity index (χ0n) is 11.5. The monoisotopic (exact) mass is 355 g/mol. The van der Waals surface area contributed by atoms with E-state index >= 15 is 0 Å². The van der Waals surface area contributed by atoms with Crippen LogP contribution in [0.2, 0.25) is 0 Å². The predicted molar refractivity (Wildman–Crippen MR) is 85.6 cm³/mol. The van der Waals surface area contributed by atoms with E-state index in [1.807, 2.05) is 35.0 Å². The fourth-order valence-electron chi connectivity index (χ4n) is 2.32. The quantitative estimate of drug-likeness (QED) is 0.699. The van der Waals surface area contributed by atoms with Crippen LogP contribution in [0.4, 0.5) is 4.39 Å². The zero-order valence-corrected chi connectivity index (χ0v) is 13.1. The van der Waals surface area contributed by atoms with Crippen LogP contribution in [0.15, 0.2) is 59.3 Å². The number of benzene rings is 2. The van der Waals surface area contributed by atoms with Gasteiger partial charge < -0.3 is 4.57 Å². The Balaban J connectivity index is 1.97. The summed E-state index contributed by atoms with van der Waals surface area (Å²) in [7, 11) is 0. The van der Waals surface area contributed by atoms with Crippen molar-refractivity contribution in [2.24, 2.45) is 0 Å². The lowest BCUT2D eigenvalue weighted by atomic mass is 10.1. The molecule has 0 amide bonds. The molecule has 5 heteroatoms. The first-order valence-corrected chi connectivity index (χ1v) is 7.41. The number of aromatic nitrogens is 2. The Bertz CT molecular complexity index is 844. The van der Waals surface area contributed by atoms with Crippen molar-refractivity contribution in [2.45, 2.75) is 6.54 Å². The zero-order chi connectivity index (χ0) is 15.5. The van der Waals surface area contributed by atoms with Crippen LogP contribution < -0.4 is 0 Å². The van der Waals surface area contributed by atoms with Crippen LogP contribution in [-0.4, -0.2) is 9.55 Å². The Labute approximate surface area is 135 Å². The van der Waals surface area contributed by atoms with Crippen molar-refractivity contribution in [3.05, 3.63) is 76.3 Å². The molecule has 0 fully saturated rings. The molecule has 22 heavy (non-hydrogen) atoms. The van der Waals surface area contributed by atoms with E-state index in [2.05, 4.69) is 27.0 Å². The summed E-state index contributed by atoms with van der Waals surface area (Å²) in [5.74, 6) is 0.368. The van der Waals surface area contributed by atoms with Crippen molar-refractivity contribution in [3.8, 4) is 17.5 Å². The van der Waals surface area contributed by atoms with E-state index in [0.717, 1.165) is 5.56 Å². The molecule has 108 valence electrons. The lowest BCUT2D eigenvalue weighted by Crippen LogP contribution is -2.01. The largest absolute Gasteiger partial charge is 0.327 e. The predicted octanol–water partition coefficient (Wildman–Crippen LogP) is 4.37. The van der Waals surface area contributed by atoms with Crippen LogP contribution in [0.1, 0.15) is 11.1 Å². The Kier molecular flexibility index (Phi) is 4.03. The average molecular weight is 356 g/mol. The van der Waals surface area contributed by atoms with Gasteiger partial charge >= 0.3 is 0 Å². The van der Waals surface area contributed by atoms with E-state index in [-0.39, 0.29) is 5.82 Å². The summed E-state index contributed by atoms with van der Waals surface area (Å²) in [5, 5.41) is 8.97. The first-order valence-electron chi connectivity index (χ1n) is 6.62. The molecule has 0 aliphatic heterocycles. The second kappa shape index (κ2) is 6.12. The minimum atomic E-state index is -0.314. The van der Waals surface area contributed by atoms with Crippen LogP contribution in [0.3, 0.4) is 0 Å². The van der Waals surface area contributed by atoms with Crippen molar-refractivity contribution >= 4 is 15.9 Å². The van der Waals surface area contributed by atoms with Gasteiger partial charge in [-0.05, 0) is 35.9 Å². The van der Waals surface area contributed by atoms with Gasteiger partial charge in [-0.3, -0.25) is 0 Å². The number of halogens is 2. The molecule has 3 rings (SSSR count). The Morgan fingerprint density at radius 1 is 1.23 bits per heavy atom. The minimum Gasteiger partial charge on any atom is -0.327 e. The summed E-state index contributed by atoms with van der Waals surface area (Å²) in [4.78, 5) is 4.32. The highest BCUT2D eigenvalue weighted by atomic mass is 79.9. The van der Waals surface area contributed by atoms with E-state index in [0.29, 0.717) is 28.0 Å². The summed E-state index contributed by atoms with van der Waals surface area (Å²) in [6, 6.07) is 14.2. The maximum atomic E-state index is 13.6. The van der Waals surface area contributed by atoms with E-state index in [9.17, 15) is 4.39 Å². The fraction of sp³-hybridized carbons (Fsp3) is 0.0588. The van der Waals surface area contributed by atoms with Crippen molar-refractivity contribution < 1.29 is 4.39 Å². The number of rotatable bonds is 3. The molecule has 0 radical (unpaired) electrons. The van der Waals surface area contributed by atoms with Gasteiger partial charge in [0.1, 0.15) is 11.6 Å². The SMILES string of the molecule is N#Cc1cccc(Cn2ccnc2-c2cc(F)cc(Br)c2)c1. The van der Waals surface area contributed by atoms with Crippen molar-refractivity contribution in [3.63, 3.8) is 0 Å². The van der Waals surface area contributed by atoms with Crippen LogP contribution in [0, 0.1) is 17.1 Å². The molecule has 0 aliphatic rings. The highest BCUT2D eigenvalue weighted by molar-refractivity contribution is 9.10. The standard InChI is InChI=1S/C17H11BrFN3/c18-15-7-14(8-16(19)9-15)17-21-4-5-22(17)11-13-3-1-2-12(6-13)10-20/h1-9H,11H2. The van der Waals surface area contributed by atoms with E-state index < -0.39 is 0 Å². The summed E-state index contributed by atoms with van der Waals surface area (Å²) in [6.45, 7) is 0.568. The summed E-state index contributed by atoms with van der Waals surface area (Å²) in [6.07, 6.45) is 3.52. The Morgan fingerprint density at radius 2 is 2.09 bits per heavy atom. The lowest BCUT2D eigenvalue weighted by Gasteiger charge is -2.09. The Morgan fingerprint density at radius 3 is 2.86 bits per heavy atom. The van der Waals surface area contributed by atoms with E-state index in [1.165, 1.54) is 12.1 Å². The van der Waals surface area contributed by atoms with Gasteiger partial charge in [0.15, 0.2) is 0 Å². The highest BCUT2D eigenvalue weighted by Crippen LogP contribution is 2.24. The van der Waals surface area contributed by atoms with E-state index in [4.69, 9.17) is 5.26 Å². The Hall–Kier alpha value is -2.45. The third-order valence-electron chi connectivity index (χ3n) is 3.25. The van der Waals surface area contributed by atoms with Crippen molar-refractivity contribution in [2.75, 3.05) is 0 Å². The van der Waals surface area contributed by atoms with E-state index in [1.54, 1.807) is 12.3 Å². The number of hydrogen-bond donors (Lipinski definition) is 0. The maximum Gasteiger partial charge on any atom is 0.140 e.